The van der Waals surface area contributed by atoms with Crippen LogP contribution < -0.4 is 10.0 Å². The minimum atomic E-state index is -4.76. The Morgan fingerprint density at radius 2 is 1.58 bits per heavy atom. The average Bonchev–Trinajstić information content (AvgIpc) is 2.70. The van der Waals surface area contributed by atoms with Gasteiger partial charge in [-0.05, 0) is 48.5 Å². The smallest absolute Gasteiger partial charge is 0.321 e. The van der Waals surface area contributed by atoms with Crippen molar-refractivity contribution in [3.8, 4) is 0 Å². The van der Waals surface area contributed by atoms with Crippen molar-refractivity contribution in [3.05, 3.63) is 87.9 Å². The molecule has 0 aliphatic carbocycles. The molecule has 2 N–H and O–H groups in total. The molecule has 162 valence electrons. The zero-order chi connectivity index (χ0) is 22.8. The molecule has 0 aromatic heterocycles. The molecule has 0 saturated carbocycles. The SMILES string of the molecule is O=C(Nc1ccc(Cl)cc1C(F)(F)F)c1cc(NS(=O)(=O)c2ccccc2)ccc1Cl. The van der Waals surface area contributed by atoms with Crippen LogP contribution in [0.5, 0.6) is 0 Å². The number of nitrogens with one attached hydrogen (secondary N) is 2. The van der Waals surface area contributed by atoms with E-state index in [0.717, 1.165) is 12.1 Å². The minimum Gasteiger partial charge on any atom is -0.321 e. The largest absolute Gasteiger partial charge is 0.418 e. The van der Waals surface area contributed by atoms with Gasteiger partial charge in [-0.3, -0.25) is 9.52 Å². The highest BCUT2D eigenvalue weighted by Crippen LogP contribution is 2.37. The highest BCUT2D eigenvalue weighted by Gasteiger charge is 2.34. The lowest BCUT2D eigenvalue weighted by Gasteiger charge is -2.15. The number of alkyl halides is 3. The summed E-state index contributed by atoms with van der Waals surface area (Å²) in [6.45, 7) is 0. The molecule has 31 heavy (non-hydrogen) atoms. The number of hydrogen-bond acceptors (Lipinski definition) is 3. The maximum atomic E-state index is 13.3. The molecule has 0 radical (unpaired) electrons. The predicted octanol–water partition coefficient (Wildman–Crippen LogP) is 6.07. The van der Waals surface area contributed by atoms with Crippen molar-refractivity contribution in [3.63, 3.8) is 0 Å². The summed E-state index contributed by atoms with van der Waals surface area (Å²) < 4.78 is 67.0. The second-order valence-electron chi connectivity index (χ2n) is 6.25. The molecular formula is C20H13Cl2F3N2O3S. The molecule has 1 amide bonds. The molecule has 3 aromatic carbocycles. The molecule has 3 rings (SSSR count). The van der Waals surface area contributed by atoms with Crippen molar-refractivity contribution in [1.82, 2.24) is 0 Å². The lowest BCUT2D eigenvalue weighted by Crippen LogP contribution is -2.18. The van der Waals surface area contributed by atoms with E-state index in [1.165, 1.54) is 30.3 Å². The van der Waals surface area contributed by atoms with Crippen molar-refractivity contribution in [1.29, 1.82) is 0 Å². The van der Waals surface area contributed by atoms with E-state index in [1.807, 2.05) is 0 Å². The van der Waals surface area contributed by atoms with Gasteiger partial charge in [-0.15, -0.1) is 0 Å². The molecule has 5 nitrogen and oxygen atoms in total. The lowest BCUT2D eigenvalue weighted by molar-refractivity contribution is -0.136. The Hall–Kier alpha value is -2.75. The van der Waals surface area contributed by atoms with Crippen LogP contribution in [0.4, 0.5) is 24.5 Å². The fourth-order valence-corrected chi connectivity index (χ4v) is 4.07. The minimum absolute atomic E-state index is 0.00514. The molecule has 0 atom stereocenters. The summed E-state index contributed by atoms with van der Waals surface area (Å²) in [5.41, 5.74) is -1.87. The maximum Gasteiger partial charge on any atom is 0.418 e. The van der Waals surface area contributed by atoms with Gasteiger partial charge in [-0.25, -0.2) is 8.42 Å². The summed E-state index contributed by atoms with van der Waals surface area (Å²) in [6.07, 6.45) is -4.76. The molecule has 0 bridgehead atoms. The third-order valence-electron chi connectivity index (χ3n) is 4.05. The Morgan fingerprint density at radius 1 is 0.903 bits per heavy atom. The number of hydrogen-bond donors (Lipinski definition) is 2. The summed E-state index contributed by atoms with van der Waals surface area (Å²) in [5, 5.41) is 1.91. The summed E-state index contributed by atoms with van der Waals surface area (Å²) in [5.74, 6) is -0.960. The van der Waals surface area contributed by atoms with E-state index >= 15 is 0 Å². The van der Waals surface area contributed by atoms with E-state index in [9.17, 15) is 26.4 Å². The van der Waals surface area contributed by atoms with Crippen molar-refractivity contribution >= 4 is 50.5 Å². The molecule has 0 fully saturated rings. The fourth-order valence-electron chi connectivity index (χ4n) is 2.63. The van der Waals surface area contributed by atoms with Crippen LogP contribution in [0.3, 0.4) is 0 Å². The molecule has 0 aliphatic rings. The molecule has 0 spiro atoms. The van der Waals surface area contributed by atoms with Gasteiger partial charge in [0.25, 0.3) is 15.9 Å². The van der Waals surface area contributed by atoms with Crippen LogP contribution >= 0.6 is 23.2 Å². The topological polar surface area (TPSA) is 75.3 Å². The van der Waals surface area contributed by atoms with Gasteiger partial charge in [0.1, 0.15) is 0 Å². The number of benzene rings is 3. The van der Waals surface area contributed by atoms with E-state index < -0.39 is 33.4 Å². The number of anilines is 2. The molecule has 0 heterocycles. The van der Waals surface area contributed by atoms with E-state index in [0.29, 0.717) is 6.07 Å². The molecule has 0 aliphatic heterocycles. The quantitative estimate of drug-likeness (QED) is 0.457. The van der Waals surface area contributed by atoms with Crippen LogP contribution in [0.1, 0.15) is 15.9 Å². The van der Waals surface area contributed by atoms with Crippen molar-refractivity contribution in [2.75, 3.05) is 10.0 Å². The number of amides is 1. The van der Waals surface area contributed by atoms with Crippen LogP contribution in [-0.4, -0.2) is 14.3 Å². The first-order chi connectivity index (χ1) is 14.5. The van der Waals surface area contributed by atoms with Gasteiger partial charge in [-0.2, -0.15) is 13.2 Å². The number of halogens is 5. The zero-order valence-corrected chi connectivity index (χ0v) is 17.7. The first-order valence-corrected chi connectivity index (χ1v) is 10.8. The molecule has 3 aromatic rings. The van der Waals surface area contributed by atoms with E-state index in [2.05, 4.69) is 10.0 Å². The van der Waals surface area contributed by atoms with Gasteiger partial charge in [0.05, 0.1) is 26.7 Å². The Kier molecular flexibility index (Phi) is 6.49. The van der Waals surface area contributed by atoms with Crippen LogP contribution in [0.15, 0.2) is 71.6 Å². The van der Waals surface area contributed by atoms with Gasteiger partial charge in [-0.1, -0.05) is 41.4 Å². The monoisotopic (exact) mass is 488 g/mol. The number of rotatable bonds is 5. The molecule has 0 unspecified atom stereocenters. The van der Waals surface area contributed by atoms with Gasteiger partial charge < -0.3 is 5.32 Å². The summed E-state index contributed by atoms with van der Waals surface area (Å²) in [7, 11) is -3.95. The van der Waals surface area contributed by atoms with E-state index in [4.69, 9.17) is 23.2 Å². The third-order valence-corrected chi connectivity index (χ3v) is 6.01. The summed E-state index contributed by atoms with van der Waals surface area (Å²) in [4.78, 5) is 12.6. The Bertz CT molecular complexity index is 1230. The predicted molar refractivity (Wildman–Crippen MR) is 113 cm³/mol. The van der Waals surface area contributed by atoms with E-state index in [1.54, 1.807) is 18.2 Å². The summed E-state index contributed by atoms with van der Waals surface area (Å²) >= 11 is 11.7. The Labute approximate surface area is 185 Å². The first-order valence-electron chi connectivity index (χ1n) is 8.53. The van der Waals surface area contributed by atoms with Gasteiger partial charge in [0.15, 0.2) is 0 Å². The van der Waals surface area contributed by atoms with E-state index in [-0.39, 0.29) is 26.2 Å². The maximum absolute atomic E-state index is 13.3. The van der Waals surface area contributed by atoms with Gasteiger partial charge in [0.2, 0.25) is 0 Å². The van der Waals surface area contributed by atoms with Crippen LogP contribution in [-0.2, 0) is 16.2 Å². The van der Waals surface area contributed by atoms with Crippen LogP contribution in [0.2, 0.25) is 10.0 Å². The third kappa shape index (κ3) is 5.49. The fraction of sp³-hybridized carbons (Fsp3) is 0.0500. The van der Waals surface area contributed by atoms with Crippen molar-refractivity contribution < 1.29 is 26.4 Å². The Balaban J connectivity index is 1.90. The normalized spacial score (nSPS) is 11.8. The highest BCUT2D eigenvalue weighted by atomic mass is 35.5. The van der Waals surface area contributed by atoms with Crippen LogP contribution in [0.25, 0.3) is 0 Å². The van der Waals surface area contributed by atoms with Gasteiger partial charge >= 0.3 is 6.18 Å². The highest BCUT2D eigenvalue weighted by molar-refractivity contribution is 7.92. The Morgan fingerprint density at radius 3 is 2.23 bits per heavy atom. The van der Waals surface area contributed by atoms with Crippen molar-refractivity contribution in [2.24, 2.45) is 0 Å². The summed E-state index contributed by atoms with van der Waals surface area (Å²) in [6, 6.07) is 14.1. The number of carbonyl (C=O) groups is 1. The second-order valence-corrected chi connectivity index (χ2v) is 8.78. The number of sulfonamides is 1. The van der Waals surface area contributed by atoms with Crippen LogP contribution in [0, 0.1) is 0 Å². The standard InChI is InChI=1S/C20H13Cl2F3N2O3S/c21-12-6-9-18(16(10-12)20(23,24)25)26-19(28)15-11-13(7-8-17(15)22)27-31(29,30)14-4-2-1-3-5-14/h1-11,27H,(H,26,28). The van der Waals surface area contributed by atoms with Gasteiger partial charge in [0, 0.05) is 10.7 Å². The first kappa shape index (κ1) is 22.9. The number of carbonyl (C=O) groups excluding carboxylic acids is 1. The average molecular weight is 489 g/mol. The van der Waals surface area contributed by atoms with Crippen molar-refractivity contribution in [2.45, 2.75) is 11.1 Å². The second kappa shape index (κ2) is 8.78. The lowest BCUT2D eigenvalue weighted by atomic mass is 10.1. The molecule has 11 heteroatoms. The molecular weight excluding hydrogens is 476 g/mol. The zero-order valence-electron chi connectivity index (χ0n) is 15.4. The molecule has 0 saturated heterocycles.